The fraction of sp³-hybridized carbons (Fsp3) is 1.00. The Morgan fingerprint density at radius 3 is 1.90 bits per heavy atom. The molecule has 0 spiro atoms. The molecule has 120 valence electrons. The molecular formula is C18H36O2. The zero-order chi connectivity index (χ0) is 14.6. The molecule has 20 heavy (non-hydrogen) atoms. The van der Waals surface area contributed by atoms with Crippen LogP contribution in [-0.4, -0.2) is 19.0 Å². The second kappa shape index (κ2) is 11.6. The third-order valence-corrected chi connectivity index (χ3v) is 4.20. The minimum absolute atomic E-state index is 0.0446. The molecule has 0 amide bonds. The van der Waals surface area contributed by atoms with Crippen LogP contribution in [0.4, 0.5) is 0 Å². The van der Waals surface area contributed by atoms with Crippen molar-refractivity contribution in [3.05, 3.63) is 0 Å². The zero-order valence-electron chi connectivity index (χ0n) is 14.0. The standard InChI is InChI=1S/C18H36O2/c1-4-5-6-7-8-9-10-11-12-13-14-17-15-19-18(20-17)16(2)3/h16-18H,4-15H2,1-3H3. The molecule has 1 aliphatic rings. The molecule has 1 fully saturated rings. The number of rotatable bonds is 12. The molecule has 1 saturated heterocycles. The summed E-state index contributed by atoms with van der Waals surface area (Å²) >= 11 is 0. The molecule has 2 unspecified atom stereocenters. The molecule has 0 aromatic heterocycles. The Morgan fingerprint density at radius 2 is 1.40 bits per heavy atom. The van der Waals surface area contributed by atoms with Crippen molar-refractivity contribution >= 4 is 0 Å². The van der Waals surface area contributed by atoms with Gasteiger partial charge in [0.15, 0.2) is 6.29 Å². The maximum atomic E-state index is 5.88. The van der Waals surface area contributed by atoms with Gasteiger partial charge in [0.25, 0.3) is 0 Å². The molecule has 2 heteroatoms. The lowest BCUT2D eigenvalue weighted by atomic mass is 10.0. The van der Waals surface area contributed by atoms with Crippen LogP contribution in [0.1, 0.15) is 91.4 Å². The predicted molar refractivity (Wildman–Crippen MR) is 85.9 cm³/mol. The van der Waals surface area contributed by atoms with Crippen LogP contribution in [-0.2, 0) is 9.47 Å². The smallest absolute Gasteiger partial charge is 0.160 e. The molecule has 0 saturated carbocycles. The van der Waals surface area contributed by atoms with Gasteiger partial charge in [-0.25, -0.2) is 0 Å². The third kappa shape index (κ3) is 8.26. The largest absolute Gasteiger partial charge is 0.350 e. The van der Waals surface area contributed by atoms with E-state index >= 15 is 0 Å². The molecule has 0 bridgehead atoms. The topological polar surface area (TPSA) is 18.5 Å². The van der Waals surface area contributed by atoms with Crippen LogP contribution in [0, 0.1) is 5.92 Å². The van der Waals surface area contributed by atoms with Crippen LogP contribution in [0.15, 0.2) is 0 Å². The van der Waals surface area contributed by atoms with E-state index in [1.807, 2.05) is 0 Å². The van der Waals surface area contributed by atoms with Gasteiger partial charge in [0.1, 0.15) is 0 Å². The summed E-state index contributed by atoms with van der Waals surface area (Å²) in [7, 11) is 0. The first-order chi connectivity index (χ1) is 9.74. The number of hydrogen-bond acceptors (Lipinski definition) is 2. The molecule has 2 nitrogen and oxygen atoms in total. The molecule has 1 rings (SSSR count). The van der Waals surface area contributed by atoms with Crippen LogP contribution in [0.3, 0.4) is 0 Å². The van der Waals surface area contributed by atoms with Crippen LogP contribution in [0.2, 0.25) is 0 Å². The van der Waals surface area contributed by atoms with Gasteiger partial charge in [0, 0.05) is 5.92 Å². The summed E-state index contributed by atoms with van der Waals surface area (Å²) in [5, 5.41) is 0. The van der Waals surface area contributed by atoms with E-state index in [0.29, 0.717) is 12.0 Å². The third-order valence-electron chi connectivity index (χ3n) is 4.20. The average molecular weight is 284 g/mol. The summed E-state index contributed by atoms with van der Waals surface area (Å²) in [6.07, 6.45) is 15.6. The van der Waals surface area contributed by atoms with Crippen molar-refractivity contribution in [2.75, 3.05) is 6.61 Å². The summed E-state index contributed by atoms with van der Waals surface area (Å²) in [5.41, 5.74) is 0. The lowest BCUT2D eigenvalue weighted by molar-refractivity contribution is -0.0880. The number of hydrogen-bond donors (Lipinski definition) is 0. The van der Waals surface area contributed by atoms with E-state index < -0.39 is 0 Å². The van der Waals surface area contributed by atoms with E-state index in [9.17, 15) is 0 Å². The van der Waals surface area contributed by atoms with Gasteiger partial charge < -0.3 is 9.47 Å². The van der Waals surface area contributed by atoms with E-state index in [0.717, 1.165) is 6.61 Å². The number of ether oxygens (including phenoxy) is 2. The molecule has 0 aromatic rings. The Bertz CT molecular complexity index is 215. The van der Waals surface area contributed by atoms with Gasteiger partial charge in [-0.3, -0.25) is 0 Å². The van der Waals surface area contributed by atoms with Gasteiger partial charge in [0.2, 0.25) is 0 Å². The van der Waals surface area contributed by atoms with Crippen molar-refractivity contribution in [2.45, 2.75) is 104 Å². The highest BCUT2D eigenvalue weighted by Gasteiger charge is 2.27. The summed E-state index contributed by atoms with van der Waals surface area (Å²) in [4.78, 5) is 0. The summed E-state index contributed by atoms with van der Waals surface area (Å²) < 4.78 is 11.5. The van der Waals surface area contributed by atoms with E-state index in [1.54, 1.807) is 0 Å². The SMILES string of the molecule is CCCCCCCCCCCCC1COC(C(C)C)O1. The van der Waals surface area contributed by atoms with E-state index in [4.69, 9.17) is 9.47 Å². The fourth-order valence-corrected chi connectivity index (χ4v) is 2.83. The van der Waals surface area contributed by atoms with Crippen molar-refractivity contribution < 1.29 is 9.47 Å². The Labute approximate surface area is 126 Å². The van der Waals surface area contributed by atoms with Gasteiger partial charge >= 0.3 is 0 Å². The highest BCUT2D eigenvalue weighted by molar-refractivity contribution is 4.67. The van der Waals surface area contributed by atoms with Gasteiger partial charge in [-0.2, -0.15) is 0 Å². The van der Waals surface area contributed by atoms with Crippen LogP contribution >= 0.6 is 0 Å². The fourth-order valence-electron chi connectivity index (χ4n) is 2.83. The molecule has 1 aliphatic heterocycles. The first-order valence-electron chi connectivity index (χ1n) is 9.01. The second-order valence-corrected chi connectivity index (χ2v) is 6.67. The monoisotopic (exact) mass is 284 g/mol. The van der Waals surface area contributed by atoms with Crippen molar-refractivity contribution in [1.29, 1.82) is 0 Å². The quantitative estimate of drug-likeness (QED) is 0.428. The minimum atomic E-state index is 0.0446. The molecule has 0 aliphatic carbocycles. The molecule has 0 radical (unpaired) electrons. The molecule has 0 aromatic carbocycles. The minimum Gasteiger partial charge on any atom is -0.350 e. The highest BCUT2D eigenvalue weighted by atomic mass is 16.7. The highest BCUT2D eigenvalue weighted by Crippen LogP contribution is 2.22. The van der Waals surface area contributed by atoms with Crippen molar-refractivity contribution in [1.82, 2.24) is 0 Å². The van der Waals surface area contributed by atoms with Crippen molar-refractivity contribution in [3.8, 4) is 0 Å². The summed E-state index contributed by atoms with van der Waals surface area (Å²) in [6, 6.07) is 0. The molecule has 0 N–H and O–H groups in total. The molecule has 2 atom stereocenters. The Balaban J connectivity index is 1.81. The van der Waals surface area contributed by atoms with Crippen LogP contribution in [0.5, 0.6) is 0 Å². The molecule has 1 heterocycles. The maximum absolute atomic E-state index is 5.88. The maximum Gasteiger partial charge on any atom is 0.160 e. The van der Waals surface area contributed by atoms with Gasteiger partial charge in [-0.05, 0) is 6.42 Å². The van der Waals surface area contributed by atoms with E-state index in [2.05, 4.69) is 20.8 Å². The van der Waals surface area contributed by atoms with E-state index in [-0.39, 0.29) is 6.29 Å². The zero-order valence-corrected chi connectivity index (χ0v) is 14.0. The number of unbranched alkanes of at least 4 members (excludes halogenated alkanes) is 9. The normalized spacial score (nSPS) is 22.8. The Hall–Kier alpha value is -0.0800. The average Bonchev–Trinajstić information content (AvgIpc) is 2.90. The Morgan fingerprint density at radius 1 is 0.850 bits per heavy atom. The Kier molecular flexibility index (Phi) is 10.4. The first-order valence-corrected chi connectivity index (χ1v) is 9.01. The predicted octanol–water partition coefficient (Wildman–Crippen LogP) is 5.69. The van der Waals surface area contributed by atoms with Crippen LogP contribution < -0.4 is 0 Å². The van der Waals surface area contributed by atoms with Crippen LogP contribution in [0.25, 0.3) is 0 Å². The van der Waals surface area contributed by atoms with Gasteiger partial charge in [-0.15, -0.1) is 0 Å². The second-order valence-electron chi connectivity index (χ2n) is 6.67. The van der Waals surface area contributed by atoms with Gasteiger partial charge in [0.05, 0.1) is 12.7 Å². The van der Waals surface area contributed by atoms with Crippen molar-refractivity contribution in [3.63, 3.8) is 0 Å². The summed E-state index contributed by atoms with van der Waals surface area (Å²) in [5.74, 6) is 0.479. The lowest BCUT2D eigenvalue weighted by Gasteiger charge is -2.14. The van der Waals surface area contributed by atoms with Gasteiger partial charge in [-0.1, -0.05) is 85.0 Å². The lowest BCUT2D eigenvalue weighted by Crippen LogP contribution is -2.17. The first kappa shape index (κ1) is 18.0. The summed E-state index contributed by atoms with van der Waals surface area (Å²) in [6.45, 7) is 7.41. The van der Waals surface area contributed by atoms with E-state index in [1.165, 1.54) is 70.6 Å². The van der Waals surface area contributed by atoms with Crippen molar-refractivity contribution in [2.24, 2.45) is 5.92 Å². The molecular weight excluding hydrogens is 248 g/mol.